The van der Waals surface area contributed by atoms with Gasteiger partial charge in [0.15, 0.2) is 0 Å². The number of hydrogen-bond acceptors (Lipinski definition) is 1. The second-order valence-electron chi connectivity index (χ2n) is 4.52. The molecule has 0 aromatic heterocycles. The minimum absolute atomic E-state index is 0.221. The Kier molecular flexibility index (Phi) is 4.61. The highest BCUT2D eigenvalue weighted by atomic mass is 79.9. The summed E-state index contributed by atoms with van der Waals surface area (Å²) in [6, 6.07) is 10.2. The van der Waals surface area contributed by atoms with Gasteiger partial charge in [-0.15, -0.1) is 0 Å². The molecular weight excluding hydrogens is 331 g/mol. The van der Waals surface area contributed by atoms with Gasteiger partial charge in [0, 0.05) is 15.9 Å². The van der Waals surface area contributed by atoms with Crippen LogP contribution in [0.5, 0.6) is 0 Å². The van der Waals surface area contributed by atoms with Gasteiger partial charge < -0.3 is 5.11 Å². The highest BCUT2D eigenvalue weighted by Gasteiger charge is 2.13. The first-order valence-corrected chi connectivity index (χ1v) is 7.02. The Hall–Kier alpha value is -0.900. The smallest absolute Gasteiger partial charge is 0.127 e. The van der Waals surface area contributed by atoms with E-state index < -0.39 is 6.10 Å². The molecule has 0 aliphatic carbocycles. The fourth-order valence-electron chi connectivity index (χ4n) is 1.97. The van der Waals surface area contributed by atoms with Crippen molar-refractivity contribution in [2.24, 2.45) is 0 Å². The lowest BCUT2D eigenvalue weighted by molar-refractivity contribution is 0.177. The van der Waals surface area contributed by atoms with E-state index in [2.05, 4.69) is 15.9 Å². The molecule has 0 saturated heterocycles. The molecule has 0 bridgehead atoms. The van der Waals surface area contributed by atoms with Crippen molar-refractivity contribution in [1.82, 2.24) is 0 Å². The van der Waals surface area contributed by atoms with E-state index in [9.17, 15) is 9.50 Å². The molecule has 0 amide bonds. The van der Waals surface area contributed by atoms with Crippen LogP contribution >= 0.6 is 27.5 Å². The van der Waals surface area contributed by atoms with Crippen LogP contribution in [0.2, 0.25) is 5.02 Å². The maximum atomic E-state index is 13.7. The van der Waals surface area contributed by atoms with Crippen molar-refractivity contribution in [3.8, 4) is 0 Å². The first-order chi connectivity index (χ1) is 8.95. The average molecular weight is 344 g/mol. The molecule has 1 nitrogen and oxygen atoms in total. The Morgan fingerprint density at radius 1 is 1.26 bits per heavy atom. The molecule has 19 heavy (non-hydrogen) atoms. The molecule has 1 unspecified atom stereocenters. The van der Waals surface area contributed by atoms with Gasteiger partial charge in [-0.1, -0.05) is 39.7 Å². The molecule has 1 N–H and O–H groups in total. The van der Waals surface area contributed by atoms with Crippen LogP contribution in [0.25, 0.3) is 0 Å². The number of halogens is 3. The van der Waals surface area contributed by atoms with Crippen LogP contribution < -0.4 is 0 Å². The zero-order valence-electron chi connectivity index (χ0n) is 10.3. The van der Waals surface area contributed by atoms with Crippen LogP contribution in [0.1, 0.15) is 22.8 Å². The van der Waals surface area contributed by atoms with E-state index in [0.717, 1.165) is 5.56 Å². The molecule has 0 saturated carbocycles. The third kappa shape index (κ3) is 3.78. The average Bonchev–Trinajstić information content (AvgIpc) is 2.31. The summed E-state index contributed by atoms with van der Waals surface area (Å²) in [6.07, 6.45) is -0.549. The fourth-order valence-corrected chi connectivity index (χ4v) is 2.60. The van der Waals surface area contributed by atoms with Crippen molar-refractivity contribution < 1.29 is 9.50 Å². The van der Waals surface area contributed by atoms with Gasteiger partial charge in [0.2, 0.25) is 0 Å². The van der Waals surface area contributed by atoms with Gasteiger partial charge in [-0.05, 0) is 47.9 Å². The van der Waals surface area contributed by atoms with Crippen LogP contribution in [0.3, 0.4) is 0 Å². The van der Waals surface area contributed by atoms with Crippen LogP contribution in [-0.2, 0) is 6.42 Å². The Bertz CT molecular complexity index is 580. The lowest BCUT2D eigenvalue weighted by Crippen LogP contribution is -2.04. The molecule has 0 spiro atoms. The summed E-state index contributed by atoms with van der Waals surface area (Å²) in [5, 5.41) is 10.8. The van der Waals surface area contributed by atoms with Gasteiger partial charge in [-0.25, -0.2) is 4.39 Å². The quantitative estimate of drug-likeness (QED) is 0.846. The minimum atomic E-state index is -0.770. The summed E-state index contributed by atoms with van der Waals surface area (Å²) < 4.78 is 14.4. The summed E-state index contributed by atoms with van der Waals surface area (Å²) in [4.78, 5) is 0. The first kappa shape index (κ1) is 14.5. The van der Waals surface area contributed by atoms with Crippen molar-refractivity contribution in [2.75, 3.05) is 0 Å². The second-order valence-corrected chi connectivity index (χ2v) is 5.87. The highest BCUT2D eigenvalue weighted by molar-refractivity contribution is 9.10. The monoisotopic (exact) mass is 342 g/mol. The van der Waals surface area contributed by atoms with Gasteiger partial charge >= 0.3 is 0 Å². The summed E-state index contributed by atoms with van der Waals surface area (Å²) in [5.74, 6) is -0.327. The van der Waals surface area contributed by atoms with Crippen LogP contribution in [0.4, 0.5) is 4.39 Å². The third-order valence-electron chi connectivity index (χ3n) is 2.88. The Balaban J connectivity index is 2.22. The summed E-state index contributed by atoms with van der Waals surface area (Å²) in [6.45, 7) is 1.91. The molecule has 2 aromatic rings. The predicted octanol–water partition coefficient (Wildman–Crippen LogP) is 4.83. The SMILES string of the molecule is Cc1cc(Cl)cc(C(O)Cc2ccc(Br)cc2F)c1. The normalized spacial score (nSPS) is 12.5. The van der Waals surface area contributed by atoms with E-state index in [-0.39, 0.29) is 12.2 Å². The van der Waals surface area contributed by atoms with E-state index >= 15 is 0 Å². The Morgan fingerprint density at radius 2 is 2.00 bits per heavy atom. The van der Waals surface area contributed by atoms with Crippen LogP contribution in [0.15, 0.2) is 40.9 Å². The second kappa shape index (κ2) is 6.04. The van der Waals surface area contributed by atoms with Gasteiger partial charge in [0.05, 0.1) is 6.10 Å². The summed E-state index contributed by atoms with van der Waals surface area (Å²) in [7, 11) is 0. The summed E-state index contributed by atoms with van der Waals surface area (Å²) >= 11 is 9.16. The lowest BCUT2D eigenvalue weighted by atomic mass is 10.00. The van der Waals surface area contributed by atoms with Crippen molar-refractivity contribution in [1.29, 1.82) is 0 Å². The number of rotatable bonds is 3. The predicted molar refractivity (Wildman–Crippen MR) is 79.0 cm³/mol. The number of aliphatic hydroxyl groups excluding tert-OH is 1. The standard InChI is InChI=1S/C15H13BrClFO/c1-9-4-11(6-13(17)5-9)15(19)7-10-2-3-12(16)8-14(10)18/h2-6,8,15,19H,7H2,1H3. The number of aryl methyl sites for hydroxylation is 1. The number of benzene rings is 2. The van der Waals surface area contributed by atoms with E-state index in [4.69, 9.17) is 11.6 Å². The molecule has 100 valence electrons. The van der Waals surface area contributed by atoms with Crippen LogP contribution in [-0.4, -0.2) is 5.11 Å². The van der Waals surface area contributed by atoms with Gasteiger partial charge in [0.25, 0.3) is 0 Å². The topological polar surface area (TPSA) is 20.2 Å². The molecule has 0 aliphatic heterocycles. The molecule has 2 aromatic carbocycles. The third-order valence-corrected chi connectivity index (χ3v) is 3.59. The van der Waals surface area contributed by atoms with Crippen molar-refractivity contribution >= 4 is 27.5 Å². The maximum absolute atomic E-state index is 13.7. The van der Waals surface area contributed by atoms with Gasteiger partial charge in [-0.3, -0.25) is 0 Å². The molecule has 2 rings (SSSR count). The highest BCUT2D eigenvalue weighted by Crippen LogP contribution is 2.25. The zero-order chi connectivity index (χ0) is 14.0. The van der Waals surface area contributed by atoms with Crippen molar-refractivity contribution in [3.05, 3.63) is 68.4 Å². The van der Waals surface area contributed by atoms with E-state index in [0.29, 0.717) is 20.6 Å². The Morgan fingerprint density at radius 3 is 2.63 bits per heavy atom. The molecule has 0 fully saturated rings. The largest absolute Gasteiger partial charge is 0.388 e. The van der Waals surface area contributed by atoms with Crippen molar-refractivity contribution in [2.45, 2.75) is 19.4 Å². The summed E-state index contributed by atoms with van der Waals surface area (Å²) in [5.41, 5.74) is 2.15. The Labute approximate surface area is 125 Å². The molecule has 0 heterocycles. The van der Waals surface area contributed by atoms with Gasteiger partial charge in [-0.2, -0.15) is 0 Å². The van der Waals surface area contributed by atoms with Crippen LogP contribution in [0, 0.1) is 12.7 Å². The van der Waals surface area contributed by atoms with Crippen molar-refractivity contribution in [3.63, 3.8) is 0 Å². The lowest BCUT2D eigenvalue weighted by Gasteiger charge is -2.13. The minimum Gasteiger partial charge on any atom is -0.388 e. The molecule has 1 atom stereocenters. The van der Waals surface area contributed by atoms with Gasteiger partial charge in [0.1, 0.15) is 5.82 Å². The molecular formula is C15H13BrClFO. The maximum Gasteiger partial charge on any atom is 0.127 e. The molecule has 0 radical (unpaired) electrons. The molecule has 4 heteroatoms. The van der Waals surface area contributed by atoms with E-state index in [1.807, 2.05) is 19.1 Å². The molecule has 0 aliphatic rings. The fraction of sp³-hybridized carbons (Fsp3) is 0.200. The number of aliphatic hydroxyl groups is 1. The van der Waals surface area contributed by atoms with E-state index in [1.54, 1.807) is 18.2 Å². The number of hydrogen-bond donors (Lipinski definition) is 1. The van der Waals surface area contributed by atoms with E-state index in [1.165, 1.54) is 6.07 Å². The first-order valence-electron chi connectivity index (χ1n) is 5.85. The zero-order valence-corrected chi connectivity index (χ0v) is 12.7.